The molecule has 1 aliphatic heterocycles. The lowest BCUT2D eigenvalue weighted by Gasteiger charge is -2.35. The highest BCUT2D eigenvalue weighted by Crippen LogP contribution is 2.26. The lowest BCUT2D eigenvalue weighted by molar-refractivity contribution is -0.121. The summed E-state index contributed by atoms with van der Waals surface area (Å²) in [7, 11) is 0. The van der Waals surface area contributed by atoms with Gasteiger partial charge in [-0.15, -0.1) is 0 Å². The van der Waals surface area contributed by atoms with E-state index < -0.39 is 6.04 Å². The molecule has 0 radical (unpaired) electrons. The van der Waals surface area contributed by atoms with Crippen molar-refractivity contribution in [2.45, 2.75) is 25.9 Å². The molecule has 0 saturated heterocycles. The van der Waals surface area contributed by atoms with Gasteiger partial charge in [-0.3, -0.25) is 9.59 Å². The Hall–Kier alpha value is -3.41. The summed E-state index contributed by atoms with van der Waals surface area (Å²) in [4.78, 5) is 31.7. The van der Waals surface area contributed by atoms with E-state index in [1.54, 1.807) is 29.3 Å². The normalized spacial score (nSPS) is 15.9. The number of carbonyl (C=O) groups excluding carboxylic acids is 2. The van der Waals surface area contributed by atoms with Crippen LogP contribution in [0.4, 0.5) is 5.82 Å². The minimum absolute atomic E-state index is 0.223. The van der Waals surface area contributed by atoms with Crippen LogP contribution in [0.5, 0.6) is 0 Å². The summed E-state index contributed by atoms with van der Waals surface area (Å²) in [5.74, 6) is 0.138. The zero-order valence-electron chi connectivity index (χ0n) is 14.9. The van der Waals surface area contributed by atoms with Crippen molar-refractivity contribution >= 4 is 17.6 Å². The number of nitrogens with one attached hydrogen (secondary N) is 1. The van der Waals surface area contributed by atoms with Crippen molar-refractivity contribution in [3.8, 4) is 0 Å². The Kier molecular flexibility index (Phi) is 4.46. The van der Waals surface area contributed by atoms with E-state index in [1.807, 2.05) is 37.3 Å². The number of amides is 2. The van der Waals surface area contributed by atoms with E-state index >= 15 is 0 Å². The molecule has 136 valence electrons. The predicted octanol–water partition coefficient (Wildman–Crippen LogP) is 3.19. The third-order valence-corrected chi connectivity index (χ3v) is 4.71. The van der Waals surface area contributed by atoms with Gasteiger partial charge in [-0.05, 0) is 47.9 Å². The first kappa shape index (κ1) is 17.0. The molecule has 1 aliphatic rings. The summed E-state index contributed by atoms with van der Waals surface area (Å²) in [5.41, 5.74) is 3.10. The van der Waals surface area contributed by atoms with Crippen molar-refractivity contribution in [3.05, 3.63) is 83.4 Å². The van der Waals surface area contributed by atoms with Crippen molar-refractivity contribution in [1.29, 1.82) is 0 Å². The summed E-state index contributed by atoms with van der Waals surface area (Å²) in [6, 6.07) is 14.2. The molecule has 1 N–H and O–H groups in total. The molecule has 1 unspecified atom stereocenters. The Morgan fingerprint density at radius 3 is 2.70 bits per heavy atom. The van der Waals surface area contributed by atoms with Crippen molar-refractivity contribution in [3.63, 3.8) is 0 Å². The van der Waals surface area contributed by atoms with Gasteiger partial charge in [0.1, 0.15) is 11.9 Å². The van der Waals surface area contributed by atoms with Crippen LogP contribution in [0.2, 0.25) is 0 Å². The van der Waals surface area contributed by atoms with Crippen LogP contribution in [0, 0.1) is 6.92 Å². The minimum Gasteiger partial charge on any atom is -0.459 e. The number of pyridine rings is 1. The number of benzene rings is 1. The third-order valence-electron chi connectivity index (χ3n) is 4.71. The lowest BCUT2D eigenvalue weighted by atomic mass is 9.93. The number of hydrogen-bond donors (Lipinski definition) is 1. The maximum atomic E-state index is 13.0. The molecule has 27 heavy (non-hydrogen) atoms. The highest BCUT2D eigenvalue weighted by molar-refractivity contribution is 6.00. The molecule has 6 heteroatoms. The van der Waals surface area contributed by atoms with Gasteiger partial charge in [0.15, 0.2) is 5.76 Å². The molecule has 0 aliphatic carbocycles. The van der Waals surface area contributed by atoms with Crippen LogP contribution in [-0.4, -0.2) is 27.7 Å². The predicted molar refractivity (Wildman–Crippen MR) is 100 cm³/mol. The molecule has 6 nitrogen and oxygen atoms in total. The highest BCUT2D eigenvalue weighted by atomic mass is 16.3. The molecule has 1 atom stereocenters. The number of rotatable bonds is 3. The van der Waals surface area contributed by atoms with E-state index in [2.05, 4.69) is 10.3 Å². The number of fused-ring (bicyclic) bond motifs is 1. The Morgan fingerprint density at radius 2 is 1.96 bits per heavy atom. The maximum absolute atomic E-state index is 13.0. The number of aryl methyl sites for hydroxylation is 1. The summed E-state index contributed by atoms with van der Waals surface area (Å²) >= 11 is 0. The average Bonchev–Trinajstić information content (AvgIpc) is 3.21. The molecular weight excluding hydrogens is 342 g/mol. The Labute approximate surface area is 156 Å². The van der Waals surface area contributed by atoms with Crippen molar-refractivity contribution in [1.82, 2.24) is 9.88 Å². The van der Waals surface area contributed by atoms with Crippen LogP contribution < -0.4 is 5.32 Å². The van der Waals surface area contributed by atoms with Crippen molar-refractivity contribution in [2.75, 3.05) is 5.32 Å². The van der Waals surface area contributed by atoms with Crippen LogP contribution in [0.25, 0.3) is 0 Å². The molecule has 2 amide bonds. The number of nitrogens with zero attached hydrogens (tertiary/aromatic N) is 2. The van der Waals surface area contributed by atoms with Gasteiger partial charge >= 0.3 is 0 Å². The van der Waals surface area contributed by atoms with E-state index in [0.29, 0.717) is 18.8 Å². The summed E-state index contributed by atoms with van der Waals surface area (Å²) in [6.07, 6.45) is 3.55. The monoisotopic (exact) mass is 361 g/mol. The second-order valence-electron chi connectivity index (χ2n) is 6.61. The number of hydrogen-bond acceptors (Lipinski definition) is 4. The first-order valence-electron chi connectivity index (χ1n) is 8.76. The fourth-order valence-electron chi connectivity index (χ4n) is 3.33. The summed E-state index contributed by atoms with van der Waals surface area (Å²) in [6.45, 7) is 2.29. The van der Waals surface area contributed by atoms with E-state index in [-0.39, 0.29) is 17.6 Å². The molecule has 0 bridgehead atoms. The molecule has 3 heterocycles. The minimum atomic E-state index is -0.639. The molecule has 2 aromatic heterocycles. The third kappa shape index (κ3) is 3.46. The van der Waals surface area contributed by atoms with Gasteiger partial charge in [0.2, 0.25) is 5.91 Å². The average molecular weight is 361 g/mol. The van der Waals surface area contributed by atoms with Gasteiger partial charge in [0.05, 0.1) is 6.26 Å². The zero-order chi connectivity index (χ0) is 18.8. The van der Waals surface area contributed by atoms with E-state index in [9.17, 15) is 9.59 Å². The molecule has 0 fully saturated rings. The molecule has 4 rings (SSSR count). The van der Waals surface area contributed by atoms with Crippen LogP contribution in [0.3, 0.4) is 0 Å². The molecule has 1 aromatic carbocycles. The topological polar surface area (TPSA) is 75.4 Å². The second-order valence-corrected chi connectivity index (χ2v) is 6.61. The van der Waals surface area contributed by atoms with Crippen LogP contribution in [-0.2, 0) is 17.8 Å². The number of aromatic nitrogens is 1. The smallest absolute Gasteiger partial charge is 0.290 e. The summed E-state index contributed by atoms with van der Waals surface area (Å²) < 4.78 is 5.26. The number of carbonyl (C=O) groups is 2. The Morgan fingerprint density at radius 1 is 1.15 bits per heavy atom. The molecule has 3 aromatic rings. The van der Waals surface area contributed by atoms with Crippen molar-refractivity contribution in [2.24, 2.45) is 0 Å². The number of anilines is 1. The van der Waals surface area contributed by atoms with Crippen molar-refractivity contribution < 1.29 is 14.0 Å². The quantitative estimate of drug-likeness (QED) is 0.777. The highest BCUT2D eigenvalue weighted by Gasteiger charge is 2.36. The van der Waals surface area contributed by atoms with Crippen LogP contribution in [0.1, 0.15) is 27.2 Å². The Bertz CT molecular complexity index is 982. The largest absolute Gasteiger partial charge is 0.459 e. The van der Waals surface area contributed by atoms with Crippen LogP contribution >= 0.6 is 0 Å². The zero-order valence-corrected chi connectivity index (χ0v) is 14.9. The fraction of sp³-hybridized carbons (Fsp3) is 0.190. The van der Waals surface area contributed by atoms with E-state index in [1.165, 1.54) is 6.26 Å². The lowest BCUT2D eigenvalue weighted by Crippen LogP contribution is -2.50. The fourth-order valence-corrected chi connectivity index (χ4v) is 3.33. The van der Waals surface area contributed by atoms with E-state index in [4.69, 9.17) is 4.42 Å². The maximum Gasteiger partial charge on any atom is 0.290 e. The van der Waals surface area contributed by atoms with Gasteiger partial charge < -0.3 is 14.6 Å². The second kappa shape index (κ2) is 7.07. The van der Waals surface area contributed by atoms with Gasteiger partial charge in [-0.2, -0.15) is 0 Å². The van der Waals surface area contributed by atoms with E-state index in [0.717, 1.165) is 16.7 Å². The standard InChI is InChI=1S/C21H19N3O3/c1-14-8-9-22-19(11-14)23-20(25)17-12-15-5-2-3-6-16(15)13-24(17)21(26)18-7-4-10-27-18/h2-11,17H,12-13H2,1H3,(H,22,23,25). The van der Waals surface area contributed by atoms with Gasteiger partial charge in [0.25, 0.3) is 5.91 Å². The first-order chi connectivity index (χ1) is 13.1. The first-order valence-corrected chi connectivity index (χ1v) is 8.76. The van der Waals surface area contributed by atoms with Gasteiger partial charge in [0, 0.05) is 19.2 Å². The van der Waals surface area contributed by atoms with Crippen LogP contribution in [0.15, 0.2) is 65.4 Å². The van der Waals surface area contributed by atoms with Gasteiger partial charge in [-0.25, -0.2) is 4.98 Å². The number of furan rings is 1. The molecular formula is C21H19N3O3. The Balaban J connectivity index is 1.64. The molecule has 0 saturated carbocycles. The summed E-state index contributed by atoms with van der Waals surface area (Å²) in [5, 5.41) is 2.84. The SMILES string of the molecule is Cc1ccnc(NC(=O)C2Cc3ccccc3CN2C(=O)c2ccco2)c1. The van der Waals surface area contributed by atoms with Gasteiger partial charge in [-0.1, -0.05) is 24.3 Å². The molecule has 0 spiro atoms.